The third-order valence-corrected chi connectivity index (χ3v) is 5.56. The predicted octanol–water partition coefficient (Wildman–Crippen LogP) is 4.20. The Morgan fingerprint density at radius 3 is 2.45 bits per heavy atom. The molecule has 152 valence electrons. The Bertz CT molecular complexity index is 1060. The summed E-state index contributed by atoms with van der Waals surface area (Å²) in [7, 11) is 0. The first-order valence-electron chi connectivity index (χ1n) is 8.97. The molecule has 0 saturated heterocycles. The Morgan fingerprint density at radius 2 is 1.90 bits per heavy atom. The molecule has 0 spiro atoms. The number of benzene rings is 1. The number of halogens is 3. The van der Waals surface area contributed by atoms with E-state index in [1.165, 1.54) is 16.3 Å². The third kappa shape index (κ3) is 4.37. The molecule has 0 aliphatic carbocycles. The topological polar surface area (TPSA) is 71.0 Å². The first-order valence-corrected chi connectivity index (χ1v) is 9.95. The van der Waals surface area contributed by atoms with Crippen molar-refractivity contribution < 1.29 is 18.0 Å². The number of amides is 1. The van der Waals surface area contributed by atoms with Crippen molar-refractivity contribution >= 4 is 17.7 Å². The molecule has 1 aliphatic heterocycles. The van der Waals surface area contributed by atoms with Gasteiger partial charge in [0.25, 0.3) is 0 Å². The van der Waals surface area contributed by atoms with Crippen LogP contribution in [0.3, 0.4) is 0 Å². The first kappa shape index (κ1) is 21.1. The standard InChI is InChI=1S/C20H19F3N4OS/c1-19(2,3)13-7-5-12(6-8-13)15-14(11-24)16(26-17(28)20(21,22)23)27-9-4-10-29-18(27)25-15/h5-8H,4,9-10H2,1-3H3. The highest BCUT2D eigenvalue weighted by molar-refractivity contribution is 7.99. The van der Waals surface area contributed by atoms with E-state index in [9.17, 15) is 23.2 Å². The van der Waals surface area contributed by atoms with Gasteiger partial charge in [0, 0.05) is 17.9 Å². The van der Waals surface area contributed by atoms with Gasteiger partial charge in [0.15, 0.2) is 10.6 Å². The number of hydrogen-bond acceptors (Lipinski definition) is 4. The zero-order valence-corrected chi connectivity index (χ0v) is 17.0. The van der Waals surface area contributed by atoms with Crippen LogP contribution in [0, 0.1) is 11.3 Å². The number of hydrogen-bond donors (Lipinski definition) is 0. The van der Waals surface area contributed by atoms with E-state index in [2.05, 4.69) is 30.7 Å². The van der Waals surface area contributed by atoms with Crippen LogP contribution in [0.25, 0.3) is 11.3 Å². The van der Waals surface area contributed by atoms with E-state index < -0.39 is 12.1 Å². The molecule has 0 unspecified atom stereocenters. The largest absolute Gasteiger partial charge is 0.473 e. The fourth-order valence-corrected chi connectivity index (χ4v) is 3.90. The first-order chi connectivity index (χ1) is 13.5. The Balaban J connectivity index is 2.27. The van der Waals surface area contributed by atoms with Crippen LogP contribution >= 0.6 is 11.8 Å². The van der Waals surface area contributed by atoms with Crippen LogP contribution < -0.4 is 5.49 Å². The van der Waals surface area contributed by atoms with E-state index in [0.29, 0.717) is 23.7 Å². The van der Waals surface area contributed by atoms with Gasteiger partial charge in [-0.2, -0.15) is 23.4 Å². The van der Waals surface area contributed by atoms with E-state index in [4.69, 9.17) is 0 Å². The predicted molar refractivity (Wildman–Crippen MR) is 103 cm³/mol. The van der Waals surface area contributed by atoms with Crippen LogP contribution in [0.4, 0.5) is 13.2 Å². The molecule has 2 aromatic rings. The summed E-state index contributed by atoms with van der Waals surface area (Å²) in [6.07, 6.45) is -4.43. The minimum atomic E-state index is -5.11. The molecule has 0 bridgehead atoms. The van der Waals surface area contributed by atoms with E-state index >= 15 is 0 Å². The highest BCUT2D eigenvalue weighted by atomic mass is 32.2. The minimum absolute atomic E-state index is 0.0782. The van der Waals surface area contributed by atoms with Crippen LogP contribution in [-0.4, -0.2) is 27.4 Å². The number of nitriles is 1. The van der Waals surface area contributed by atoms with Crippen LogP contribution in [-0.2, 0) is 16.8 Å². The number of carbonyl (C=O) groups excluding carboxylic acids is 1. The van der Waals surface area contributed by atoms with Crippen LogP contribution in [0.15, 0.2) is 34.4 Å². The van der Waals surface area contributed by atoms with Crippen molar-refractivity contribution in [1.82, 2.24) is 9.55 Å². The van der Waals surface area contributed by atoms with E-state index in [-0.39, 0.29) is 22.2 Å². The summed E-state index contributed by atoms with van der Waals surface area (Å²) < 4.78 is 39.9. The molecule has 29 heavy (non-hydrogen) atoms. The number of nitrogens with zero attached hydrogens (tertiary/aromatic N) is 4. The molecule has 1 aromatic heterocycles. The lowest BCUT2D eigenvalue weighted by Gasteiger charge is -2.21. The van der Waals surface area contributed by atoms with Gasteiger partial charge in [-0.15, -0.1) is 0 Å². The summed E-state index contributed by atoms with van der Waals surface area (Å²) in [6, 6.07) is 9.27. The SMILES string of the molecule is CC(C)(C)c1ccc(-c2nc3n(c(=NC(=O)C(F)(F)F)c2C#N)CCCS3)cc1. The molecule has 1 amide bonds. The fraction of sp³-hybridized carbons (Fsp3) is 0.400. The molecule has 3 rings (SSSR count). The van der Waals surface area contributed by atoms with Gasteiger partial charge in [0.2, 0.25) is 0 Å². The van der Waals surface area contributed by atoms with E-state index in [1.807, 2.05) is 18.2 Å². The molecule has 0 fully saturated rings. The number of rotatable bonds is 1. The number of fused-ring (bicyclic) bond motifs is 1. The number of thioether (sulfide) groups is 1. The van der Waals surface area contributed by atoms with Crippen LogP contribution in [0.2, 0.25) is 0 Å². The smallest absolute Gasteiger partial charge is 0.304 e. The van der Waals surface area contributed by atoms with Gasteiger partial charge in [0.1, 0.15) is 11.6 Å². The summed E-state index contributed by atoms with van der Waals surface area (Å²) in [6.45, 7) is 6.53. The zero-order chi connectivity index (χ0) is 21.4. The monoisotopic (exact) mass is 420 g/mol. The lowest BCUT2D eigenvalue weighted by molar-refractivity contribution is -0.169. The van der Waals surface area contributed by atoms with Gasteiger partial charge in [-0.25, -0.2) is 4.98 Å². The molecular formula is C20H19F3N4OS. The molecular weight excluding hydrogens is 401 g/mol. The maximum Gasteiger partial charge on any atom is 0.473 e. The minimum Gasteiger partial charge on any atom is -0.304 e. The van der Waals surface area contributed by atoms with Crippen LogP contribution in [0.5, 0.6) is 0 Å². The number of alkyl halides is 3. The van der Waals surface area contributed by atoms with Crippen molar-refractivity contribution in [2.75, 3.05) is 5.75 Å². The van der Waals surface area contributed by atoms with Crippen molar-refractivity contribution in [3.05, 3.63) is 40.9 Å². The van der Waals surface area contributed by atoms with Crippen molar-refractivity contribution in [2.24, 2.45) is 4.99 Å². The van der Waals surface area contributed by atoms with Gasteiger partial charge < -0.3 is 4.57 Å². The Morgan fingerprint density at radius 1 is 1.24 bits per heavy atom. The molecule has 1 aromatic carbocycles. The average molecular weight is 420 g/mol. The molecule has 0 N–H and O–H groups in total. The summed E-state index contributed by atoms with van der Waals surface area (Å²) in [4.78, 5) is 19.4. The number of carbonyl (C=O) groups is 1. The number of aromatic nitrogens is 2. The molecule has 1 aliphatic rings. The van der Waals surface area contributed by atoms with E-state index in [0.717, 1.165) is 11.3 Å². The Kier molecular flexibility index (Phi) is 5.59. The quantitative estimate of drug-likeness (QED) is 0.648. The molecule has 0 radical (unpaired) electrons. The van der Waals surface area contributed by atoms with Gasteiger partial charge in [-0.05, 0) is 17.4 Å². The normalized spacial score (nSPS) is 15.0. The average Bonchev–Trinajstić information content (AvgIpc) is 2.66. The van der Waals surface area contributed by atoms with Crippen molar-refractivity contribution in [3.63, 3.8) is 0 Å². The lowest BCUT2D eigenvalue weighted by Crippen LogP contribution is -2.33. The molecule has 0 atom stereocenters. The maximum atomic E-state index is 12.8. The van der Waals surface area contributed by atoms with Crippen molar-refractivity contribution in [3.8, 4) is 17.3 Å². The second-order valence-corrected chi connectivity index (χ2v) is 8.71. The maximum absolute atomic E-state index is 12.8. The summed E-state index contributed by atoms with van der Waals surface area (Å²) >= 11 is 1.36. The molecule has 2 heterocycles. The highest BCUT2D eigenvalue weighted by Gasteiger charge is 2.39. The third-order valence-electron chi connectivity index (χ3n) is 4.50. The second-order valence-electron chi connectivity index (χ2n) is 7.65. The molecule has 5 nitrogen and oxygen atoms in total. The zero-order valence-electron chi connectivity index (χ0n) is 16.2. The highest BCUT2D eigenvalue weighted by Crippen LogP contribution is 2.29. The Labute approximate surface area is 170 Å². The van der Waals surface area contributed by atoms with Gasteiger partial charge in [-0.3, -0.25) is 4.79 Å². The Hall–Kier alpha value is -2.60. The van der Waals surface area contributed by atoms with Crippen LogP contribution in [0.1, 0.15) is 38.3 Å². The van der Waals surface area contributed by atoms with E-state index in [1.54, 1.807) is 12.1 Å². The summed E-state index contributed by atoms with van der Waals surface area (Å²) in [5.41, 5.74) is 1.37. The fourth-order valence-electron chi connectivity index (χ4n) is 2.96. The van der Waals surface area contributed by atoms with Gasteiger partial charge in [0.05, 0.1) is 5.69 Å². The van der Waals surface area contributed by atoms with Crippen molar-refractivity contribution in [1.29, 1.82) is 5.26 Å². The molecule has 0 saturated carbocycles. The second kappa shape index (κ2) is 7.67. The van der Waals surface area contributed by atoms with Gasteiger partial charge >= 0.3 is 12.1 Å². The summed E-state index contributed by atoms with van der Waals surface area (Å²) in [5.74, 6) is -1.49. The molecule has 9 heteroatoms. The lowest BCUT2D eigenvalue weighted by atomic mass is 9.86. The summed E-state index contributed by atoms with van der Waals surface area (Å²) in [5, 5.41) is 10.1. The van der Waals surface area contributed by atoms with Gasteiger partial charge in [-0.1, -0.05) is 56.8 Å². The van der Waals surface area contributed by atoms with Crippen molar-refractivity contribution in [2.45, 2.75) is 50.5 Å².